The fourth-order valence-electron chi connectivity index (χ4n) is 2.39. The molecule has 2 nitrogen and oxygen atoms in total. The van der Waals surface area contributed by atoms with Gasteiger partial charge in [0.2, 0.25) is 0 Å². The third-order valence-corrected chi connectivity index (χ3v) is 4.44. The van der Waals surface area contributed by atoms with Gasteiger partial charge in [-0.1, -0.05) is 11.6 Å². The average molecular weight is 332 g/mol. The van der Waals surface area contributed by atoms with Crippen molar-refractivity contribution in [1.82, 2.24) is 4.90 Å². The summed E-state index contributed by atoms with van der Waals surface area (Å²) in [6, 6.07) is 7.14. The predicted octanol–water partition coefficient (Wildman–Crippen LogP) is 4.39. The maximum atomic E-state index is 5.95. The van der Waals surface area contributed by atoms with Crippen LogP contribution >= 0.6 is 27.5 Å². The molecule has 1 fully saturated rings. The molecular weight excluding hydrogens is 312 g/mol. The summed E-state index contributed by atoms with van der Waals surface area (Å²) in [5, 5.41) is 4.37. The minimum absolute atomic E-state index is 0.567. The zero-order valence-electron chi connectivity index (χ0n) is 10.9. The summed E-state index contributed by atoms with van der Waals surface area (Å²) >= 11 is 9.50. The highest BCUT2D eigenvalue weighted by molar-refractivity contribution is 9.10. The number of hydrogen-bond donors (Lipinski definition) is 1. The van der Waals surface area contributed by atoms with E-state index >= 15 is 0 Å². The summed E-state index contributed by atoms with van der Waals surface area (Å²) < 4.78 is 1.04. The lowest BCUT2D eigenvalue weighted by Crippen LogP contribution is -2.42. The van der Waals surface area contributed by atoms with Gasteiger partial charge >= 0.3 is 0 Å². The van der Waals surface area contributed by atoms with Gasteiger partial charge in [0.25, 0.3) is 0 Å². The van der Waals surface area contributed by atoms with Crippen molar-refractivity contribution < 1.29 is 0 Å². The van der Waals surface area contributed by atoms with Crippen LogP contribution in [0.1, 0.15) is 26.7 Å². The van der Waals surface area contributed by atoms with Gasteiger partial charge in [-0.3, -0.25) is 0 Å². The van der Waals surface area contributed by atoms with E-state index < -0.39 is 0 Å². The molecule has 4 heteroatoms. The molecule has 1 N–H and O–H groups in total. The minimum Gasteiger partial charge on any atom is -0.381 e. The van der Waals surface area contributed by atoms with Crippen molar-refractivity contribution in [3.8, 4) is 0 Å². The monoisotopic (exact) mass is 330 g/mol. The van der Waals surface area contributed by atoms with E-state index in [9.17, 15) is 0 Å². The van der Waals surface area contributed by atoms with Crippen LogP contribution in [-0.4, -0.2) is 30.1 Å². The number of piperidine rings is 1. The van der Waals surface area contributed by atoms with E-state index in [2.05, 4.69) is 40.0 Å². The summed E-state index contributed by atoms with van der Waals surface area (Å²) in [6.45, 7) is 6.90. The number of halogens is 2. The lowest BCUT2D eigenvalue weighted by Gasteiger charge is -2.35. The molecule has 0 aliphatic carbocycles. The lowest BCUT2D eigenvalue weighted by molar-refractivity contribution is 0.177. The van der Waals surface area contributed by atoms with E-state index in [-0.39, 0.29) is 0 Å². The van der Waals surface area contributed by atoms with E-state index in [1.165, 1.54) is 25.9 Å². The SMILES string of the molecule is CC(C)N1CCC(Nc2ccc(Cl)cc2Br)CC1. The number of anilines is 1. The van der Waals surface area contributed by atoms with Gasteiger partial charge in [0.05, 0.1) is 0 Å². The molecule has 0 spiro atoms. The van der Waals surface area contributed by atoms with Crippen molar-refractivity contribution in [2.24, 2.45) is 0 Å². The Labute approximate surface area is 123 Å². The van der Waals surface area contributed by atoms with Gasteiger partial charge in [0, 0.05) is 40.4 Å². The second kappa shape index (κ2) is 6.27. The van der Waals surface area contributed by atoms with Crippen LogP contribution in [0.25, 0.3) is 0 Å². The van der Waals surface area contributed by atoms with Crippen molar-refractivity contribution in [2.75, 3.05) is 18.4 Å². The van der Waals surface area contributed by atoms with E-state index in [4.69, 9.17) is 11.6 Å². The summed E-state index contributed by atoms with van der Waals surface area (Å²) in [7, 11) is 0. The average Bonchev–Trinajstić information content (AvgIpc) is 2.33. The summed E-state index contributed by atoms with van der Waals surface area (Å²) in [6.07, 6.45) is 2.40. The van der Waals surface area contributed by atoms with Crippen LogP contribution in [0.3, 0.4) is 0 Å². The van der Waals surface area contributed by atoms with Crippen molar-refractivity contribution in [3.05, 3.63) is 27.7 Å². The second-order valence-corrected chi connectivity index (χ2v) is 6.46. The molecule has 0 radical (unpaired) electrons. The van der Waals surface area contributed by atoms with Gasteiger partial charge in [-0.15, -0.1) is 0 Å². The third kappa shape index (κ3) is 3.62. The highest BCUT2D eigenvalue weighted by Crippen LogP contribution is 2.28. The molecular formula is C14H20BrClN2. The molecule has 0 bridgehead atoms. The van der Waals surface area contributed by atoms with Crippen LogP contribution in [0, 0.1) is 0 Å². The molecule has 1 heterocycles. The van der Waals surface area contributed by atoms with Crippen LogP contribution in [0.4, 0.5) is 5.69 Å². The number of nitrogens with one attached hydrogen (secondary N) is 1. The van der Waals surface area contributed by atoms with Crippen LogP contribution in [0.5, 0.6) is 0 Å². The first-order valence-electron chi connectivity index (χ1n) is 6.52. The zero-order chi connectivity index (χ0) is 13.1. The second-order valence-electron chi connectivity index (χ2n) is 5.17. The predicted molar refractivity (Wildman–Crippen MR) is 82.5 cm³/mol. The van der Waals surface area contributed by atoms with Crippen LogP contribution in [-0.2, 0) is 0 Å². The molecule has 0 aromatic heterocycles. The molecule has 1 saturated heterocycles. The maximum Gasteiger partial charge on any atom is 0.0487 e. The van der Waals surface area contributed by atoms with E-state index in [0.717, 1.165) is 15.2 Å². The largest absolute Gasteiger partial charge is 0.381 e. The smallest absolute Gasteiger partial charge is 0.0487 e. The summed E-state index contributed by atoms with van der Waals surface area (Å²) in [5.74, 6) is 0. The van der Waals surface area contributed by atoms with Crippen LogP contribution < -0.4 is 5.32 Å². The molecule has 0 atom stereocenters. The highest BCUT2D eigenvalue weighted by Gasteiger charge is 2.20. The molecule has 0 unspecified atom stereocenters. The van der Waals surface area contributed by atoms with Crippen molar-refractivity contribution in [3.63, 3.8) is 0 Å². The molecule has 18 heavy (non-hydrogen) atoms. The Hall–Kier alpha value is -0.250. The lowest BCUT2D eigenvalue weighted by atomic mass is 10.0. The molecule has 2 rings (SSSR count). The third-order valence-electron chi connectivity index (χ3n) is 3.55. The van der Waals surface area contributed by atoms with Gasteiger partial charge < -0.3 is 10.2 Å². The standard InChI is InChI=1S/C14H20BrClN2/c1-10(2)18-7-5-12(6-8-18)17-14-4-3-11(16)9-13(14)15/h3-4,9-10,12,17H,5-8H2,1-2H3. The number of benzene rings is 1. The first kappa shape index (κ1) is 14.2. The highest BCUT2D eigenvalue weighted by atomic mass is 79.9. The normalized spacial score (nSPS) is 18.3. The number of rotatable bonds is 3. The van der Waals surface area contributed by atoms with Gasteiger partial charge in [0.15, 0.2) is 0 Å². The quantitative estimate of drug-likeness (QED) is 0.884. The topological polar surface area (TPSA) is 15.3 Å². The first-order valence-corrected chi connectivity index (χ1v) is 7.69. The number of likely N-dealkylation sites (tertiary alicyclic amines) is 1. The zero-order valence-corrected chi connectivity index (χ0v) is 13.3. The molecule has 100 valence electrons. The molecule has 0 saturated carbocycles. The van der Waals surface area contributed by atoms with E-state index in [0.29, 0.717) is 12.1 Å². The summed E-state index contributed by atoms with van der Waals surface area (Å²) in [5.41, 5.74) is 1.14. The van der Waals surface area contributed by atoms with Crippen LogP contribution in [0.15, 0.2) is 22.7 Å². The van der Waals surface area contributed by atoms with E-state index in [1.54, 1.807) is 0 Å². The number of nitrogens with zero attached hydrogens (tertiary/aromatic N) is 1. The Morgan fingerprint density at radius 3 is 2.56 bits per heavy atom. The number of hydrogen-bond acceptors (Lipinski definition) is 2. The summed E-state index contributed by atoms with van der Waals surface area (Å²) in [4.78, 5) is 2.54. The van der Waals surface area contributed by atoms with Gasteiger partial charge in [-0.2, -0.15) is 0 Å². The van der Waals surface area contributed by atoms with Crippen molar-refractivity contribution in [2.45, 2.75) is 38.8 Å². The maximum absolute atomic E-state index is 5.95. The fourth-order valence-corrected chi connectivity index (χ4v) is 3.18. The first-order chi connectivity index (χ1) is 8.56. The Morgan fingerprint density at radius 1 is 1.33 bits per heavy atom. The van der Waals surface area contributed by atoms with Gasteiger partial charge in [0.1, 0.15) is 0 Å². The van der Waals surface area contributed by atoms with Crippen molar-refractivity contribution in [1.29, 1.82) is 0 Å². The molecule has 1 aromatic rings. The Balaban J connectivity index is 1.91. The molecule has 1 aromatic carbocycles. The van der Waals surface area contributed by atoms with Gasteiger partial charge in [-0.05, 0) is 60.8 Å². The van der Waals surface area contributed by atoms with E-state index in [1.807, 2.05) is 18.2 Å². The van der Waals surface area contributed by atoms with Gasteiger partial charge in [-0.25, -0.2) is 0 Å². The fraction of sp³-hybridized carbons (Fsp3) is 0.571. The molecule has 0 amide bonds. The minimum atomic E-state index is 0.567. The van der Waals surface area contributed by atoms with Crippen molar-refractivity contribution >= 4 is 33.2 Å². The Morgan fingerprint density at radius 2 is 2.00 bits per heavy atom. The molecule has 1 aliphatic rings. The molecule has 1 aliphatic heterocycles. The Bertz CT molecular complexity index is 401. The van der Waals surface area contributed by atoms with Crippen LogP contribution in [0.2, 0.25) is 5.02 Å². The Kier molecular flexibility index (Phi) is 4.93.